The molecule has 1 aromatic heterocycles. The molecular formula is C6H5BrFNO. The van der Waals surface area contributed by atoms with Gasteiger partial charge >= 0.3 is 0 Å². The minimum atomic E-state index is -0.565. The summed E-state index contributed by atoms with van der Waals surface area (Å²) < 4.78 is 12.6. The van der Waals surface area contributed by atoms with Crippen LogP contribution in [0.1, 0.15) is 5.56 Å². The second-order valence-electron chi connectivity index (χ2n) is 1.80. The van der Waals surface area contributed by atoms with Gasteiger partial charge in [-0.05, 0) is 6.07 Å². The van der Waals surface area contributed by atoms with Gasteiger partial charge in [-0.15, -0.1) is 0 Å². The van der Waals surface area contributed by atoms with Crippen LogP contribution >= 0.6 is 15.9 Å². The molecule has 0 spiro atoms. The lowest BCUT2D eigenvalue weighted by atomic mass is 10.3. The maximum atomic E-state index is 12.6. The summed E-state index contributed by atoms with van der Waals surface area (Å²) in [5, 5.41) is 0.412. The highest BCUT2D eigenvalue weighted by atomic mass is 79.9. The Balaban J connectivity index is 3.19. The summed E-state index contributed by atoms with van der Waals surface area (Å²) in [5.41, 5.74) is 0.0433. The predicted octanol–water partition coefficient (Wildman–Crippen LogP) is 1.41. The van der Waals surface area contributed by atoms with Gasteiger partial charge in [0.05, 0.1) is 0 Å². The van der Waals surface area contributed by atoms with E-state index in [2.05, 4.69) is 15.9 Å². The number of aromatic amines is 1. The summed E-state index contributed by atoms with van der Waals surface area (Å²) in [7, 11) is 0. The van der Waals surface area contributed by atoms with Crippen LogP contribution in [0, 0.1) is 5.95 Å². The number of alkyl halides is 1. The molecule has 0 unspecified atom stereocenters. The van der Waals surface area contributed by atoms with Crippen LogP contribution in [0.15, 0.2) is 16.9 Å². The van der Waals surface area contributed by atoms with E-state index in [1.807, 2.05) is 4.98 Å². The first-order valence-electron chi connectivity index (χ1n) is 2.67. The molecule has 54 valence electrons. The zero-order valence-electron chi connectivity index (χ0n) is 5.03. The molecule has 1 heterocycles. The molecule has 0 saturated heterocycles. The van der Waals surface area contributed by atoms with Gasteiger partial charge in [0.2, 0.25) is 5.56 Å². The maximum absolute atomic E-state index is 12.6. The minimum absolute atomic E-state index is 0.412. The van der Waals surface area contributed by atoms with Crippen LogP contribution in [-0.2, 0) is 5.33 Å². The number of pyridine rings is 1. The van der Waals surface area contributed by atoms with Crippen molar-refractivity contribution in [3.8, 4) is 0 Å². The fraction of sp³-hybridized carbons (Fsp3) is 0.167. The zero-order valence-corrected chi connectivity index (χ0v) is 6.61. The van der Waals surface area contributed by atoms with Gasteiger partial charge in [0.1, 0.15) is 0 Å². The molecule has 10 heavy (non-hydrogen) atoms. The third-order valence-electron chi connectivity index (χ3n) is 1.09. The Morgan fingerprint density at radius 1 is 1.60 bits per heavy atom. The van der Waals surface area contributed by atoms with E-state index in [1.54, 1.807) is 0 Å². The monoisotopic (exact) mass is 205 g/mol. The Hall–Kier alpha value is -0.640. The highest BCUT2D eigenvalue weighted by Crippen LogP contribution is 2.04. The number of aromatic nitrogens is 1. The van der Waals surface area contributed by atoms with Gasteiger partial charge < -0.3 is 0 Å². The number of rotatable bonds is 1. The van der Waals surface area contributed by atoms with E-state index in [9.17, 15) is 9.18 Å². The van der Waals surface area contributed by atoms with E-state index in [4.69, 9.17) is 0 Å². The van der Waals surface area contributed by atoms with Gasteiger partial charge in [-0.3, -0.25) is 9.78 Å². The van der Waals surface area contributed by atoms with Crippen molar-refractivity contribution in [1.29, 1.82) is 0 Å². The summed E-state index contributed by atoms with van der Waals surface area (Å²) in [5.74, 6) is -0.565. The average molecular weight is 206 g/mol. The molecular weight excluding hydrogens is 201 g/mol. The first kappa shape index (κ1) is 7.47. The Kier molecular flexibility index (Phi) is 2.21. The third kappa shape index (κ3) is 1.44. The van der Waals surface area contributed by atoms with Crippen molar-refractivity contribution in [1.82, 2.24) is 4.98 Å². The molecule has 0 amide bonds. The SMILES string of the molecule is O=c1ccc(CBr)c(F)[nH]1. The predicted molar refractivity (Wildman–Crippen MR) is 39.7 cm³/mol. The summed E-state index contributed by atoms with van der Waals surface area (Å²) in [6.45, 7) is 0. The van der Waals surface area contributed by atoms with Crippen LogP contribution in [-0.4, -0.2) is 4.98 Å². The first-order valence-corrected chi connectivity index (χ1v) is 3.80. The molecule has 1 aromatic rings. The van der Waals surface area contributed by atoms with Crippen molar-refractivity contribution in [3.05, 3.63) is 34.0 Å². The number of halogens is 2. The van der Waals surface area contributed by atoms with E-state index in [0.29, 0.717) is 10.9 Å². The van der Waals surface area contributed by atoms with Crippen molar-refractivity contribution in [3.63, 3.8) is 0 Å². The van der Waals surface area contributed by atoms with Crippen molar-refractivity contribution < 1.29 is 4.39 Å². The molecule has 4 heteroatoms. The molecule has 2 nitrogen and oxygen atoms in total. The topological polar surface area (TPSA) is 32.9 Å². The second kappa shape index (κ2) is 2.96. The van der Waals surface area contributed by atoms with E-state index in [-0.39, 0.29) is 0 Å². The Morgan fingerprint density at radius 2 is 2.30 bits per heavy atom. The van der Waals surface area contributed by atoms with Crippen molar-refractivity contribution in [2.45, 2.75) is 5.33 Å². The molecule has 0 bridgehead atoms. The highest BCUT2D eigenvalue weighted by Gasteiger charge is 1.98. The Bertz CT molecular complexity index is 283. The lowest BCUT2D eigenvalue weighted by Gasteiger charge is -1.93. The largest absolute Gasteiger partial charge is 0.299 e. The number of hydrogen-bond acceptors (Lipinski definition) is 1. The molecule has 0 saturated carbocycles. The fourth-order valence-corrected chi connectivity index (χ4v) is 1.02. The van der Waals surface area contributed by atoms with Crippen molar-refractivity contribution in [2.24, 2.45) is 0 Å². The van der Waals surface area contributed by atoms with Crippen LogP contribution in [0.25, 0.3) is 0 Å². The smallest absolute Gasteiger partial charge is 0.250 e. The lowest BCUT2D eigenvalue weighted by molar-refractivity contribution is 0.569. The summed E-state index contributed by atoms with van der Waals surface area (Å²) in [4.78, 5) is 12.5. The van der Waals surface area contributed by atoms with Gasteiger partial charge in [-0.2, -0.15) is 4.39 Å². The minimum Gasteiger partial charge on any atom is -0.299 e. The van der Waals surface area contributed by atoms with E-state index >= 15 is 0 Å². The molecule has 1 N–H and O–H groups in total. The summed E-state index contributed by atoms with van der Waals surface area (Å²) in [6, 6.07) is 2.74. The standard InChI is InChI=1S/C6H5BrFNO/c7-3-4-1-2-5(10)9-6(4)8/h1-2H,3H2,(H,9,10). The van der Waals surface area contributed by atoms with Gasteiger partial charge in [-0.25, -0.2) is 0 Å². The maximum Gasteiger partial charge on any atom is 0.250 e. The highest BCUT2D eigenvalue weighted by molar-refractivity contribution is 9.08. The quantitative estimate of drug-likeness (QED) is 0.546. The van der Waals surface area contributed by atoms with Crippen LogP contribution < -0.4 is 5.56 Å². The average Bonchev–Trinajstić information content (AvgIpc) is 1.88. The molecule has 0 aliphatic rings. The van der Waals surface area contributed by atoms with Crippen LogP contribution in [0.5, 0.6) is 0 Å². The molecule has 0 atom stereocenters. The number of hydrogen-bond donors (Lipinski definition) is 1. The van der Waals surface area contributed by atoms with E-state index in [0.717, 1.165) is 0 Å². The van der Waals surface area contributed by atoms with Crippen molar-refractivity contribution >= 4 is 15.9 Å². The van der Waals surface area contributed by atoms with E-state index in [1.165, 1.54) is 12.1 Å². The van der Waals surface area contributed by atoms with E-state index < -0.39 is 11.5 Å². The van der Waals surface area contributed by atoms with Gasteiger partial charge in [0.25, 0.3) is 0 Å². The molecule has 0 aliphatic heterocycles. The van der Waals surface area contributed by atoms with Gasteiger partial charge in [-0.1, -0.05) is 15.9 Å². The van der Waals surface area contributed by atoms with Crippen LogP contribution in [0.3, 0.4) is 0 Å². The molecule has 0 radical (unpaired) electrons. The summed E-state index contributed by atoms with van der Waals surface area (Å²) in [6.07, 6.45) is 0. The Labute approximate surface area is 65.2 Å². The second-order valence-corrected chi connectivity index (χ2v) is 2.36. The molecule has 0 fully saturated rings. The van der Waals surface area contributed by atoms with Crippen molar-refractivity contribution in [2.75, 3.05) is 0 Å². The normalized spacial score (nSPS) is 9.80. The van der Waals surface area contributed by atoms with Crippen LogP contribution in [0.4, 0.5) is 4.39 Å². The van der Waals surface area contributed by atoms with Crippen LogP contribution in [0.2, 0.25) is 0 Å². The molecule has 0 aromatic carbocycles. The summed E-state index contributed by atoms with van der Waals surface area (Å²) >= 11 is 3.07. The lowest BCUT2D eigenvalue weighted by Crippen LogP contribution is -2.07. The van der Waals surface area contributed by atoms with Gasteiger partial charge in [0.15, 0.2) is 5.95 Å². The number of nitrogens with one attached hydrogen (secondary N) is 1. The zero-order chi connectivity index (χ0) is 7.56. The number of H-pyrrole nitrogens is 1. The third-order valence-corrected chi connectivity index (χ3v) is 1.70. The molecule has 0 aliphatic carbocycles. The van der Waals surface area contributed by atoms with Gasteiger partial charge in [0, 0.05) is 17.0 Å². The molecule has 1 rings (SSSR count). The first-order chi connectivity index (χ1) is 4.74. The fourth-order valence-electron chi connectivity index (χ4n) is 0.583. The Morgan fingerprint density at radius 3 is 2.80 bits per heavy atom.